The SMILES string of the molecule is CCOC(=O)c1[nH]c2c(c1Br)[C@H]1C[C@H]1C2. The molecule has 0 spiro atoms. The molecule has 2 atom stereocenters. The number of halogens is 1. The molecule has 3 nitrogen and oxygen atoms in total. The van der Waals surface area contributed by atoms with Gasteiger partial charge in [0.1, 0.15) is 5.69 Å². The molecule has 1 aromatic rings. The Labute approximate surface area is 96.3 Å². The van der Waals surface area contributed by atoms with Gasteiger partial charge in [-0.15, -0.1) is 0 Å². The molecule has 0 unspecified atom stereocenters. The number of nitrogens with one attached hydrogen (secondary N) is 1. The van der Waals surface area contributed by atoms with Gasteiger partial charge in [0, 0.05) is 5.69 Å². The Morgan fingerprint density at radius 3 is 3.13 bits per heavy atom. The second kappa shape index (κ2) is 3.11. The lowest BCUT2D eigenvalue weighted by Crippen LogP contribution is -2.06. The second-order valence-corrected chi connectivity index (χ2v) is 5.03. The Morgan fingerprint density at radius 2 is 2.47 bits per heavy atom. The van der Waals surface area contributed by atoms with Crippen LogP contribution in [0.15, 0.2) is 4.47 Å². The first-order valence-corrected chi connectivity index (χ1v) is 6.09. The highest BCUT2D eigenvalue weighted by Crippen LogP contribution is 2.58. The van der Waals surface area contributed by atoms with Crippen LogP contribution in [-0.4, -0.2) is 17.6 Å². The summed E-state index contributed by atoms with van der Waals surface area (Å²) in [6, 6.07) is 0. The van der Waals surface area contributed by atoms with Crippen LogP contribution < -0.4 is 0 Å². The molecule has 1 aromatic heterocycles. The number of aromatic nitrogens is 1. The van der Waals surface area contributed by atoms with Crippen LogP contribution in [0.1, 0.15) is 41.0 Å². The summed E-state index contributed by atoms with van der Waals surface area (Å²) < 4.78 is 5.93. The Hall–Kier alpha value is -0.770. The quantitative estimate of drug-likeness (QED) is 0.839. The van der Waals surface area contributed by atoms with E-state index in [-0.39, 0.29) is 5.97 Å². The number of hydrogen-bond donors (Lipinski definition) is 1. The average molecular weight is 270 g/mol. The molecule has 0 saturated heterocycles. The fourth-order valence-corrected chi connectivity index (χ4v) is 3.31. The normalized spacial score (nSPS) is 26.0. The van der Waals surface area contributed by atoms with Crippen LogP contribution in [0.25, 0.3) is 0 Å². The number of esters is 1. The number of carbonyl (C=O) groups excluding carboxylic acids is 1. The molecule has 2 aliphatic carbocycles. The lowest BCUT2D eigenvalue weighted by molar-refractivity contribution is 0.0519. The van der Waals surface area contributed by atoms with Crippen molar-refractivity contribution in [1.82, 2.24) is 4.98 Å². The minimum Gasteiger partial charge on any atom is -0.461 e. The van der Waals surface area contributed by atoms with Gasteiger partial charge >= 0.3 is 5.97 Å². The maximum atomic E-state index is 11.6. The minimum atomic E-state index is -0.254. The number of rotatable bonds is 2. The number of hydrogen-bond acceptors (Lipinski definition) is 2. The maximum Gasteiger partial charge on any atom is 0.355 e. The van der Waals surface area contributed by atoms with Crippen molar-refractivity contribution < 1.29 is 9.53 Å². The van der Waals surface area contributed by atoms with Gasteiger partial charge in [-0.25, -0.2) is 4.79 Å². The number of H-pyrrole nitrogens is 1. The van der Waals surface area contributed by atoms with Crippen molar-refractivity contribution in [2.75, 3.05) is 6.61 Å². The van der Waals surface area contributed by atoms with E-state index in [2.05, 4.69) is 20.9 Å². The summed E-state index contributed by atoms with van der Waals surface area (Å²) in [5.41, 5.74) is 3.14. The fourth-order valence-electron chi connectivity index (χ4n) is 2.52. The minimum absolute atomic E-state index is 0.254. The van der Waals surface area contributed by atoms with Gasteiger partial charge in [0.15, 0.2) is 0 Å². The third-order valence-electron chi connectivity index (χ3n) is 3.30. The van der Waals surface area contributed by atoms with Gasteiger partial charge in [-0.2, -0.15) is 0 Å². The Balaban J connectivity index is 1.97. The van der Waals surface area contributed by atoms with Gasteiger partial charge in [-0.3, -0.25) is 0 Å². The molecule has 0 bridgehead atoms. The van der Waals surface area contributed by atoms with Gasteiger partial charge in [0.25, 0.3) is 0 Å². The summed E-state index contributed by atoms with van der Waals surface area (Å²) in [7, 11) is 0. The first-order valence-electron chi connectivity index (χ1n) is 5.29. The van der Waals surface area contributed by atoms with E-state index in [1.54, 1.807) is 0 Å². The molecule has 4 heteroatoms. The molecule has 0 radical (unpaired) electrons. The second-order valence-electron chi connectivity index (χ2n) is 4.23. The van der Waals surface area contributed by atoms with Crippen molar-refractivity contribution in [3.8, 4) is 0 Å². The van der Waals surface area contributed by atoms with Crippen LogP contribution in [0.2, 0.25) is 0 Å². The van der Waals surface area contributed by atoms with Gasteiger partial charge in [0.05, 0.1) is 11.1 Å². The molecule has 1 heterocycles. The molecule has 3 rings (SSSR count). The Morgan fingerprint density at radius 1 is 1.67 bits per heavy atom. The van der Waals surface area contributed by atoms with Crippen LogP contribution >= 0.6 is 15.9 Å². The third-order valence-corrected chi connectivity index (χ3v) is 4.12. The lowest BCUT2D eigenvalue weighted by atomic mass is 10.2. The summed E-state index contributed by atoms with van der Waals surface area (Å²) >= 11 is 3.51. The number of aromatic amines is 1. The standard InChI is InChI=1S/C11H12BrNO2/c1-2-15-11(14)10-9(12)8-6-3-5(6)4-7(8)13-10/h5-6,13H,2-4H2,1H3/t5-,6-/m0/s1. The van der Waals surface area contributed by atoms with E-state index in [0.717, 1.165) is 16.8 Å². The Bertz CT molecular complexity index is 438. The predicted molar refractivity (Wildman–Crippen MR) is 59.0 cm³/mol. The summed E-state index contributed by atoms with van der Waals surface area (Å²) in [5, 5.41) is 0. The topological polar surface area (TPSA) is 42.1 Å². The summed E-state index contributed by atoms with van der Waals surface area (Å²) in [6.45, 7) is 2.24. The van der Waals surface area contributed by atoms with E-state index in [1.807, 2.05) is 6.92 Å². The molecule has 1 N–H and O–H groups in total. The fraction of sp³-hybridized carbons (Fsp3) is 0.545. The van der Waals surface area contributed by atoms with E-state index >= 15 is 0 Å². The predicted octanol–water partition coefficient (Wildman–Crippen LogP) is 2.61. The molecule has 15 heavy (non-hydrogen) atoms. The van der Waals surface area contributed by atoms with Gasteiger partial charge < -0.3 is 9.72 Å². The smallest absolute Gasteiger partial charge is 0.355 e. The van der Waals surface area contributed by atoms with E-state index in [1.165, 1.54) is 17.7 Å². The van der Waals surface area contributed by atoms with Crippen LogP contribution in [0.4, 0.5) is 0 Å². The zero-order chi connectivity index (χ0) is 10.6. The van der Waals surface area contributed by atoms with Gasteiger partial charge in [0.2, 0.25) is 0 Å². The highest BCUT2D eigenvalue weighted by Gasteiger charge is 2.48. The summed E-state index contributed by atoms with van der Waals surface area (Å²) in [6.07, 6.45) is 2.38. The average Bonchev–Trinajstić information content (AvgIpc) is 2.72. The molecule has 2 aliphatic rings. The molecule has 1 fully saturated rings. The number of fused-ring (bicyclic) bond motifs is 3. The zero-order valence-corrected chi connectivity index (χ0v) is 10.1. The van der Waals surface area contributed by atoms with Crippen LogP contribution in [0.5, 0.6) is 0 Å². The zero-order valence-electron chi connectivity index (χ0n) is 8.47. The van der Waals surface area contributed by atoms with Crippen LogP contribution in [0.3, 0.4) is 0 Å². The molecular formula is C11H12BrNO2. The van der Waals surface area contributed by atoms with Gasteiger partial charge in [-0.05, 0) is 53.1 Å². The highest BCUT2D eigenvalue weighted by molar-refractivity contribution is 9.10. The van der Waals surface area contributed by atoms with E-state index < -0.39 is 0 Å². The molecule has 80 valence electrons. The summed E-state index contributed by atoms with van der Waals surface area (Å²) in [4.78, 5) is 14.8. The molecule has 0 aliphatic heterocycles. The van der Waals surface area contributed by atoms with Crippen molar-refractivity contribution in [2.24, 2.45) is 5.92 Å². The lowest BCUT2D eigenvalue weighted by Gasteiger charge is -2.00. The van der Waals surface area contributed by atoms with Crippen molar-refractivity contribution >= 4 is 21.9 Å². The van der Waals surface area contributed by atoms with E-state index in [0.29, 0.717) is 18.2 Å². The van der Waals surface area contributed by atoms with Gasteiger partial charge in [-0.1, -0.05) is 0 Å². The largest absolute Gasteiger partial charge is 0.461 e. The van der Waals surface area contributed by atoms with E-state index in [9.17, 15) is 4.79 Å². The number of ether oxygens (including phenoxy) is 1. The van der Waals surface area contributed by atoms with Crippen molar-refractivity contribution in [2.45, 2.75) is 25.7 Å². The first kappa shape index (κ1) is 9.46. The summed E-state index contributed by atoms with van der Waals surface area (Å²) in [5.74, 6) is 1.27. The van der Waals surface area contributed by atoms with E-state index in [4.69, 9.17) is 4.74 Å². The third kappa shape index (κ3) is 1.27. The van der Waals surface area contributed by atoms with Crippen LogP contribution in [-0.2, 0) is 11.2 Å². The Kier molecular flexibility index (Phi) is 1.96. The van der Waals surface area contributed by atoms with Crippen molar-refractivity contribution in [1.29, 1.82) is 0 Å². The maximum absolute atomic E-state index is 11.6. The molecule has 0 amide bonds. The molecular weight excluding hydrogens is 258 g/mol. The number of carbonyl (C=O) groups is 1. The molecule has 0 aromatic carbocycles. The first-order chi connectivity index (χ1) is 7.22. The monoisotopic (exact) mass is 269 g/mol. The highest BCUT2D eigenvalue weighted by atomic mass is 79.9. The van der Waals surface area contributed by atoms with Crippen LogP contribution in [0, 0.1) is 5.92 Å². The molecule has 1 saturated carbocycles. The van der Waals surface area contributed by atoms with Crippen molar-refractivity contribution in [3.05, 3.63) is 21.4 Å². The van der Waals surface area contributed by atoms with Crippen molar-refractivity contribution in [3.63, 3.8) is 0 Å².